The van der Waals surface area contributed by atoms with Crippen molar-refractivity contribution in [1.82, 2.24) is 4.90 Å². The van der Waals surface area contributed by atoms with E-state index in [0.717, 1.165) is 21.3 Å². The van der Waals surface area contributed by atoms with E-state index in [1.165, 1.54) is 17.3 Å². The molecular formula is C22H20ClN3OS2. The number of benzene rings is 2. The van der Waals surface area contributed by atoms with Crippen LogP contribution in [0.25, 0.3) is 0 Å². The third kappa shape index (κ3) is 4.10. The number of halogens is 1. The minimum Gasteiger partial charge on any atom is -0.338 e. The lowest BCUT2D eigenvalue weighted by atomic mass is 10.2. The van der Waals surface area contributed by atoms with Gasteiger partial charge in [0, 0.05) is 23.5 Å². The van der Waals surface area contributed by atoms with Gasteiger partial charge in [-0.3, -0.25) is 9.69 Å². The molecule has 0 N–H and O–H groups in total. The average Bonchev–Trinajstić information content (AvgIpc) is 3.18. The van der Waals surface area contributed by atoms with Gasteiger partial charge in [-0.1, -0.05) is 41.1 Å². The van der Waals surface area contributed by atoms with Gasteiger partial charge in [-0.15, -0.1) is 0 Å². The smallest absolute Gasteiger partial charge is 0.266 e. The van der Waals surface area contributed by atoms with Crippen LogP contribution in [0.2, 0.25) is 5.02 Å². The Labute approximate surface area is 184 Å². The summed E-state index contributed by atoms with van der Waals surface area (Å²) in [7, 11) is 2.01. The van der Waals surface area contributed by atoms with Crippen molar-refractivity contribution in [3.05, 3.63) is 75.1 Å². The van der Waals surface area contributed by atoms with Crippen LogP contribution < -0.4 is 4.90 Å². The van der Waals surface area contributed by atoms with Gasteiger partial charge in [-0.25, -0.2) is 4.99 Å². The lowest BCUT2D eigenvalue weighted by Gasteiger charge is -2.13. The number of allylic oxidation sites excluding steroid dienone is 2. The highest BCUT2D eigenvalue weighted by molar-refractivity contribution is 8.18. The highest BCUT2D eigenvalue weighted by Crippen LogP contribution is 2.46. The summed E-state index contributed by atoms with van der Waals surface area (Å²) in [5, 5.41) is 2.48. The summed E-state index contributed by atoms with van der Waals surface area (Å²) >= 11 is 9.21. The first kappa shape index (κ1) is 20.1. The molecule has 4 rings (SSSR count). The molecule has 4 nitrogen and oxygen atoms in total. The maximum absolute atomic E-state index is 12.8. The van der Waals surface area contributed by atoms with E-state index in [9.17, 15) is 4.79 Å². The van der Waals surface area contributed by atoms with Gasteiger partial charge >= 0.3 is 0 Å². The Morgan fingerprint density at radius 1 is 1.10 bits per heavy atom. The molecule has 1 saturated heterocycles. The van der Waals surface area contributed by atoms with Crippen LogP contribution in [0.4, 0.5) is 11.4 Å². The van der Waals surface area contributed by atoms with E-state index in [1.807, 2.05) is 75.5 Å². The van der Waals surface area contributed by atoms with Crippen molar-refractivity contribution < 1.29 is 4.79 Å². The minimum atomic E-state index is -0.00794. The normalized spacial score (nSPS) is 20.4. The summed E-state index contributed by atoms with van der Waals surface area (Å²) in [5.41, 5.74) is 3.11. The van der Waals surface area contributed by atoms with Crippen molar-refractivity contribution in [2.75, 3.05) is 18.5 Å². The number of rotatable bonds is 3. The fourth-order valence-corrected chi connectivity index (χ4v) is 5.25. The zero-order valence-corrected chi connectivity index (χ0v) is 18.7. The summed E-state index contributed by atoms with van der Waals surface area (Å²) < 4.78 is 0. The van der Waals surface area contributed by atoms with Gasteiger partial charge in [0.05, 0.1) is 21.3 Å². The van der Waals surface area contributed by atoms with Crippen molar-refractivity contribution in [3.8, 4) is 0 Å². The Kier molecular flexibility index (Phi) is 5.76. The van der Waals surface area contributed by atoms with E-state index in [-0.39, 0.29) is 5.91 Å². The second-order valence-electron chi connectivity index (χ2n) is 6.69. The van der Waals surface area contributed by atoms with Crippen LogP contribution in [0.3, 0.4) is 0 Å². The zero-order valence-electron chi connectivity index (χ0n) is 16.3. The molecule has 148 valence electrons. The largest absolute Gasteiger partial charge is 0.338 e. The maximum atomic E-state index is 12.8. The maximum Gasteiger partial charge on any atom is 0.266 e. The standard InChI is InChI=1S/C22H20ClN3OS2/c1-4-26-21(27)19(29-22(26)24-16-8-5-14(2)6-9-16)11-12-20-25(3)17-13-15(23)7-10-18(17)28-20/h5-13H,4H2,1-3H3. The van der Waals surface area contributed by atoms with Gasteiger partial charge < -0.3 is 4.90 Å². The molecule has 0 bridgehead atoms. The molecule has 29 heavy (non-hydrogen) atoms. The fourth-order valence-electron chi connectivity index (χ4n) is 3.05. The predicted molar refractivity (Wildman–Crippen MR) is 125 cm³/mol. The molecule has 2 heterocycles. The Morgan fingerprint density at radius 2 is 1.86 bits per heavy atom. The van der Waals surface area contributed by atoms with Gasteiger partial charge in [-0.2, -0.15) is 0 Å². The van der Waals surface area contributed by atoms with Crippen LogP contribution in [0, 0.1) is 6.92 Å². The van der Waals surface area contributed by atoms with Crippen molar-refractivity contribution in [1.29, 1.82) is 0 Å². The van der Waals surface area contributed by atoms with Crippen molar-refractivity contribution in [3.63, 3.8) is 0 Å². The number of hydrogen-bond acceptors (Lipinski definition) is 5. The van der Waals surface area contributed by atoms with Crippen LogP contribution in [-0.2, 0) is 4.79 Å². The second kappa shape index (κ2) is 8.30. The number of likely N-dealkylation sites (N-methyl/N-ethyl adjacent to an activating group) is 1. The van der Waals surface area contributed by atoms with E-state index < -0.39 is 0 Å². The highest BCUT2D eigenvalue weighted by atomic mass is 35.5. The number of anilines is 1. The lowest BCUT2D eigenvalue weighted by molar-refractivity contribution is -0.122. The Hall–Kier alpha value is -2.15. The SMILES string of the molecule is CCN1C(=O)C(=CC=C2Sc3ccc(Cl)cc3N2C)SC1=Nc1ccc(C)cc1. The number of nitrogens with zero attached hydrogens (tertiary/aromatic N) is 3. The summed E-state index contributed by atoms with van der Waals surface area (Å²) in [6.45, 7) is 4.59. The second-order valence-corrected chi connectivity index (χ2v) is 9.20. The number of aryl methyl sites for hydroxylation is 1. The first-order valence-electron chi connectivity index (χ1n) is 9.24. The van der Waals surface area contributed by atoms with Crippen LogP contribution in [0.1, 0.15) is 12.5 Å². The minimum absolute atomic E-state index is 0.00794. The van der Waals surface area contributed by atoms with Crippen LogP contribution >= 0.6 is 35.1 Å². The Morgan fingerprint density at radius 3 is 2.59 bits per heavy atom. The molecule has 0 saturated carbocycles. The van der Waals surface area contributed by atoms with Gasteiger partial charge in [0.1, 0.15) is 0 Å². The van der Waals surface area contributed by atoms with Crippen molar-refractivity contribution >= 4 is 57.6 Å². The molecule has 1 amide bonds. The van der Waals surface area contributed by atoms with Crippen molar-refractivity contribution in [2.45, 2.75) is 18.7 Å². The number of carbonyl (C=O) groups is 1. The number of amidine groups is 1. The third-order valence-corrected chi connectivity index (χ3v) is 7.11. The topological polar surface area (TPSA) is 35.9 Å². The lowest BCUT2D eigenvalue weighted by Crippen LogP contribution is -2.28. The van der Waals surface area contributed by atoms with Crippen LogP contribution in [0.15, 0.2) is 74.4 Å². The summed E-state index contributed by atoms with van der Waals surface area (Å²) in [6, 6.07) is 13.9. The molecule has 0 unspecified atom stereocenters. The average molecular weight is 442 g/mol. The molecule has 0 radical (unpaired) electrons. The quantitative estimate of drug-likeness (QED) is 0.531. The van der Waals surface area contributed by atoms with Gasteiger partial charge in [0.25, 0.3) is 5.91 Å². The Bertz CT molecular complexity index is 1060. The summed E-state index contributed by atoms with van der Waals surface area (Å²) in [5.74, 6) is -0.00794. The first-order chi connectivity index (χ1) is 14.0. The molecule has 2 aliphatic rings. The molecule has 2 aliphatic heterocycles. The summed E-state index contributed by atoms with van der Waals surface area (Å²) in [6.07, 6.45) is 3.88. The number of aliphatic imine (C=N–C) groups is 1. The van der Waals surface area contributed by atoms with Crippen LogP contribution in [-0.4, -0.2) is 29.6 Å². The number of carbonyl (C=O) groups excluding carboxylic acids is 1. The van der Waals surface area contributed by atoms with E-state index in [1.54, 1.807) is 16.7 Å². The number of amides is 1. The molecule has 0 spiro atoms. The molecular weight excluding hydrogens is 422 g/mol. The van der Waals surface area contributed by atoms with Gasteiger partial charge in [0.2, 0.25) is 0 Å². The zero-order chi connectivity index (χ0) is 20.5. The summed E-state index contributed by atoms with van der Waals surface area (Å²) in [4.78, 5) is 23.1. The Balaban J connectivity index is 1.59. The molecule has 2 aromatic rings. The van der Waals surface area contributed by atoms with Gasteiger partial charge in [0.15, 0.2) is 5.17 Å². The number of thioether (sulfide) groups is 2. The highest BCUT2D eigenvalue weighted by Gasteiger charge is 2.32. The third-order valence-electron chi connectivity index (χ3n) is 4.67. The van der Waals surface area contributed by atoms with Crippen molar-refractivity contribution in [2.24, 2.45) is 4.99 Å². The number of fused-ring (bicyclic) bond motifs is 1. The van der Waals surface area contributed by atoms with E-state index in [4.69, 9.17) is 11.6 Å². The van der Waals surface area contributed by atoms with Crippen LogP contribution in [0.5, 0.6) is 0 Å². The predicted octanol–water partition coefficient (Wildman–Crippen LogP) is 6.20. The van der Waals surface area contributed by atoms with E-state index in [0.29, 0.717) is 21.6 Å². The molecule has 7 heteroatoms. The number of hydrogen-bond donors (Lipinski definition) is 0. The monoisotopic (exact) mass is 441 g/mol. The van der Waals surface area contributed by atoms with E-state index >= 15 is 0 Å². The molecule has 0 atom stereocenters. The molecule has 2 aromatic carbocycles. The molecule has 1 fully saturated rings. The first-order valence-corrected chi connectivity index (χ1v) is 11.3. The van der Waals surface area contributed by atoms with Gasteiger partial charge in [-0.05, 0) is 68.1 Å². The van der Waals surface area contributed by atoms with E-state index in [2.05, 4.69) is 9.89 Å². The molecule has 0 aliphatic carbocycles. The fraction of sp³-hybridized carbons (Fsp3) is 0.182. The molecule has 0 aromatic heterocycles.